The van der Waals surface area contributed by atoms with Crippen LogP contribution in [-0.2, 0) is 7.05 Å². The van der Waals surface area contributed by atoms with Gasteiger partial charge in [-0.25, -0.2) is 4.98 Å². The minimum atomic E-state index is -0.0981. The number of hydrogen-bond donors (Lipinski definition) is 1. The molecule has 0 amide bonds. The van der Waals surface area contributed by atoms with Crippen LogP contribution in [0.2, 0.25) is 0 Å². The van der Waals surface area contributed by atoms with Crippen LogP contribution in [0.1, 0.15) is 25.7 Å². The fourth-order valence-electron chi connectivity index (χ4n) is 1.27. The first-order chi connectivity index (χ1) is 6.37. The summed E-state index contributed by atoms with van der Waals surface area (Å²) in [6.07, 6.45) is 3.70. The molecule has 0 fully saturated rings. The van der Waals surface area contributed by atoms with E-state index in [9.17, 15) is 0 Å². The first-order valence-corrected chi connectivity index (χ1v) is 4.77. The molecule has 14 heavy (non-hydrogen) atoms. The van der Waals surface area contributed by atoms with E-state index in [1.54, 1.807) is 6.20 Å². The van der Waals surface area contributed by atoms with Crippen molar-refractivity contribution < 1.29 is 0 Å². The molecule has 0 radical (unpaired) electrons. The van der Waals surface area contributed by atoms with Crippen molar-refractivity contribution in [2.24, 2.45) is 12.8 Å². The molecular formula is C10H20N4. The molecule has 0 saturated heterocycles. The highest BCUT2D eigenvalue weighted by atomic mass is 15.2. The van der Waals surface area contributed by atoms with Crippen molar-refractivity contribution >= 4 is 0 Å². The summed E-state index contributed by atoms with van der Waals surface area (Å²) < 4.78 is 1.97. The second-order valence-electron chi connectivity index (χ2n) is 4.42. The van der Waals surface area contributed by atoms with Gasteiger partial charge >= 0.3 is 0 Å². The molecule has 0 aromatic carbocycles. The zero-order valence-electron chi connectivity index (χ0n) is 9.65. The van der Waals surface area contributed by atoms with Gasteiger partial charge in [0.25, 0.3) is 0 Å². The Labute approximate surface area is 85.7 Å². The highest BCUT2D eigenvalue weighted by Gasteiger charge is 2.32. The molecule has 0 aliphatic heterocycles. The molecule has 1 atom stereocenters. The molecule has 4 nitrogen and oxygen atoms in total. The molecule has 80 valence electrons. The van der Waals surface area contributed by atoms with E-state index >= 15 is 0 Å². The Hall–Kier alpha value is -0.870. The molecule has 0 saturated carbocycles. The highest BCUT2D eigenvalue weighted by molar-refractivity contribution is 5.06. The predicted molar refractivity (Wildman–Crippen MR) is 57.9 cm³/mol. The maximum atomic E-state index is 6.19. The van der Waals surface area contributed by atoms with Crippen LogP contribution >= 0.6 is 0 Å². The summed E-state index contributed by atoms with van der Waals surface area (Å²) in [5, 5.41) is 0. The third-order valence-electron chi connectivity index (χ3n) is 3.05. The van der Waals surface area contributed by atoms with Crippen molar-refractivity contribution in [3.05, 3.63) is 18.2 Å². The number of imidazole rings is 1. The maximum absolute atomic E-state index is 6.19. The third kappa shape index (κ3) is 1.81. The average molecular weight is 196 g/mol. The second kappa shape index (κ2) is 3.71. The number of likely N-dealkylation sites (N-methyl/N-ethyl adjacent to an activating group) is 1. The SMILES string of the molecule is CN(C)C(C)(C)C(N)c1nccn1C. The van der Waals surface area contributed by atoms with Gasteiger partial charge in [-0.15, -0.1) is 0 Å². The maximum Gasteiger partial charge on any atom is 0.127 e. The van der Waals surface area contributed by atoms with Crippen LogP contribution in [0.15, 0.2) is 12.4 Å². The van der Waals surface area contributed by atoms with Gasteiger partial charge in [-0.1, -0.05) is 0 Å². The van der Waals surface area contributed by atoms with E-state index in [1.165, 1.54) is 0 Å². The van der Waals surface area contributed by atoms with E-state index < -0.39 is 0 Å². The lowest BCUT2D eigenvalue weighted by Crippen LogP contribution is -2.48. The van der Waals surface area contributed by atoms with Crippen molar-refractivity contribution in [1.82, 2.24) is 14.5 Å². The molecule has 0 aliphatic carbocycles. The van der Waals surface area contributed by atoms with Gasteiger partial charge in [-0.2, -0.15) is 0 Å². The van der Waals surface area contributed by atoms with Gasteiger partial charge in [0.1, 0.15) is 5.82 Å². The monoisotopic (exact) mass is 196 g/mol. The highest BCUT2D eigenvalue weighted by Crippen LogP contribution is 2.25. The Balaban J connectivity index is 2.96. The number of rotatable bonds is 3. The molecule has 1 aromatic rings. The Kier molecular flexibility index (Phi) is 2.97. The molecule has 2 N–H and O–H groups in total. The van der Waals surface area contributed by atoms with E-state index in [0.717, 1.165) is 5.82 Å². The Morgan fingerprint density at radius 1 is 1.50 bits per heavy atom. The van der Waals surface area contributed by atoms with E-state index in [2.05, 4.69) is 23.7 Å². The predicted octanol–water partition coefficient (Wildman–Crippen LogP) is 0.760. The number of aryl methyl sites for hydroxylation is 1. The lowest BCUT2D eigenvalue weighted by Gasteiger charge is -2.37. The van der Waals surface area contributed by atoms with Crippen LogP contribution in [0, 0.1) is 0 Å². The van der Waals surface area contributed by atoms with Crippen LogP contribution in [0.3, 0.4) is 0 Å². The fraction of sp³-hybridized carbons (Fsp3) is 0.700. The van der Waals surface area contributed by atoms with Crippen LogP contribution in [0.25, 0.3) is 0 Å². The summed E-state index contributed by atoms with van der Waals surface area (Å²) in [6, 6.07) is -0.0856. The zero-order valence-corrected chi connectivity index (χ0v) is 9.65. The fourth-order valence-corrected chi connectivity index (χ4v) is 1.27. The summed E-state index contributed by atoms with van der Waals surface area (Å²) in [7, 11) is 6.03. The van der Waals surface area contributed by atoms with Gasteiger partial charge in [-0.05, 0) is 27.9 Å². The second-order valence-corrected chi connectivity index (χ2v) is 4.42. The summed E-state index contributed by atoms with van der Waals surface area (Å²) in [5.41, 5.74) is 6.10. The van der Waals surface area contributed by atoms with Gasteiger partial charge in [-0.3, -0.25) is 0 Å². The molecule has 1 rings (SSSR count). The first kappa shape index (κ1) is 11.2. The van der Waals surface area contributed by atoms with Gasteiger partial charge in [0.15, 0.2) is 0 Å². The Morgan fingerprint density at radius 3 is 2.43 bits per heavy atom. The van der Waals surface area contributed by atoms with E-state index in [1.807, 2.05) is 31.9 Å². The largest absolute Gasteiger partial charge is 0.337 e. The van der Waals surface area contributed by atoms with Crippen molar-refractivity contribution in [3.8, 4) is 0 Å². The van der Waals surface area contributed by atoms with E-state index in [0.29, 0.717) is 0 Å². The van der Waals surface area contributed by atoms with E-state index in [4.69, 9.17) is 5.73 Å². The molecule has 1 unspecified atom stereocenters. The van der Waals surface area contributed by atoms with Crippen molar-refractivity contribution in [2.45, 2.75) is 25.4 Å². The summed E-state index contributed by atoms with van der Waals surface area (Å²) in [5.74, 6) is 0.920. The van der Waals surface area contributed by atoms with Crippen molar-refractivity contribution in [3.63, 3.8) is 0 Å². The minimum absolute atomic E-state index is 0.0856. The standard InChI is InChI=1S/C10H20N4/c1-10(2,13(3)4)8(11)9-12-6-7-14(9)5/h6-8H,11H2,1-5H3. The molecule has 0 bridgehead atoms. The quantitative estimate of drug-likeness (QED) is 0.776. The molecular weight excluding hydrogens is 176 g/mol. The minimum Gasteiger partial charge on any atom is -0.337 e. The molecule has 1 heterocycles. The average Bonchev–Trinajstić information content (AvgIpc) is 2.49. The smallest absolute Gasteiger partial charge is 0.127 e. The molecule has 0 aliphatic rings. The number of nitrogens with two attached hydrogens (primary N) is 1. The van der Waals surface area contributed by atoms with Crippen LogP contribution in [0.5, 0.6) is 0 Å². The number of nitrogens with zero attached hydrogens (tertiary/aromatic N) is 3. The Morgan fingerprint density at radius 2 is 2.07 bits per heavy atom. The van der Waals surface area contributed by atoms with Crippen LogP contribution in [0.4, 0.5) is 0 Å². The number of hydrogen-bond acceptors (Lipinski definition) is 3. The van der Waals surface area contributed by atoms with Crippen molar-refractivity contribution in [1.29, 1.82) is 0 Å². The summed E-state index contributed by atoms with van der Waals surface area (Å²) in [4.78, 5) is 6.39. The molecule has 4 heteroatoms. The normalized spacial score (nSPS) is 14.8. The van der Waals surface area contributed by atoms with Crippen LogP contribution in [-0.4, -0.2) is 34.1 Å². The summed E-state index contributed by atoms with van der Waals surface area (Å²) >= 11 is 0. The van der Waals surface area contributed by atoms with Crippen LogP contribution < -0.4 is 5.73 Å². The summed E-state index contributed by atoms with van der Waals surface area (Å²) in [6.45, 7) is 4.23. The third-order valence-corrected chi connectivity index (χ3v) is 3.05. The van der Waals surface area contributed by atoms with Gasteiger partial charge in [0.2, 0.25) is 0 Å². The lowest BCUT2D eigenvalue weighted by atomic mass is 9.93. The molecule has 1 aromatic heterocycles. The molecule has 0 spiro atoms. The van der Waals surface area contributed by atoms with Gasteiger partial charge < -0.3 is 15.2 Å². The van der Waals surface area contributed by atoms with Gasteiger partial charge in [0, 0.05) is 25.0 Å². The topological polar surface area (TPSA) is 47.1 Å². The zero-order chi connectivity index (χ0) is 10.9. The lowest BCUT2D eigenvalue weighted by molar-refractivity contribution is 0.153. The number of aromatic nitrogens is 2. The first-order valence-electron chi connectivity index (χ1n) is 4.77. The van der Waals surface area contributed by atoms with Crippen molar-refractivity contribution in [2.75, 3.05) is 14.1 Å². The van der Waals surface area contributed by atoms with E-state index in [-0.39, 0.29) is 11.6 Å². The van der Waals surface area contributed by atoms with Gasteiger partial charge in [0.05, 0.1) is 6.04 Å². The Bertz CT molecular complexity index is 301.